The number of aliphatic hydroxyl groups excluding tert-OH is 1. The topological polar surface area (TPSA) is 38.0 Å². The van der Waals surface area contributed by atoms with Gasteiger partial charge in [-0.15, -0.1) is 0 Å². The lowest BCUT2D eigenvalue weighted by molar-refractivity contribution is 0.271. The highest BCUT2D eigenvalue weighted by Crippen LogP contribution is 2.33. The van der Waals surface area contributed by atoms with Crippen LogP contribution in [0.2, 0.25) is 0 Å². The van der Waals surface area contributed by atoms with Gasteiger partial charge in [0.15, 0.2) is 5.16 Å². The molecule has 3 rings (SSSR count). The Labute approximate surface area is 124 Å². The monoisotopic (exact) mass is 288 g/mol. The van der Waals surface area contributed by atoms with E-state index in [2.05, 4.69) is 42.7 Å². The van der Waals surface area contributed by atoms with Crippen LogP contribution >= 0.6 is 11.8 Å². The number of thioether (sulfide) groups is 1. The standard InChI is InChI=1S/C16H20N2OS/c1-3-11(2)12-4-6-13(7-5-12)15-14(10-19)18-8-9-20-16(18)17-15/h4-7,11,19H,3,8-10H2,1-2H3. The van der Waals surface area contributed by atoms with Crippen LogP contribution in [-0.2, 0) is 13.2 Å². The van der Waals surface area contributed by atoms with Gasteiger partial charge in [-0.3, -0.25) is 0 Å². The molecule has 1 aliphatic rings. The quantitative estimate of drug-likeness (QED) is 0.933. The van der Waals surface area contributed by atoms with Crippen LogP contribution in [0.25, 0.3) is 11.3 Å². The van der Waals surface area contributed by atoms with E-state index in [0.717, 1.165) is 40.8 Å². The van der Waals surface area contributed by atoms with Gasteiger partial charge in [0, 0.05) is 17.9 Å². The Hall–Kier alpha value is -1.26. The second kappa shape index (κ2) is 5.62. The second-order valence-corrected chi connectivity index (χ2v) is 6.34. The van der Waals surface area contributed by atoms with Crippen LogP contribution in [-0.4, -0.2) is 20.4 Å². The first-order valence-electron chi connectivity index (χ1n) is 7.18. The average Bonchev–Trinajstić information content (AvgIpc) is 3.06. The maximum atomic E-state index is 9.64. The highest BCUT2D eigenvalue weighted by molar-refractivity contribution is 7.99. The summed E-state index contributed by atoms with van der Waals surface area (Å²) in [6.07, 6.45) is 1.15. The SMILES string of the molecule is CCC(C)c1ccc(-c2nc3n(c2CO)CCS3)cc1. The van der Waals surface area contributed by atoms with Crippen LogP contribution in [0.15, 0.2) is 29.4 Å². The maximum absolute atomic E-state index is 9.64. The number of aliphatic hydroxyl groups is 1. The summed E-state index contributed by atoms with van der Waals surface area (Å²) in [6.45, 7) is 5.46. The summed E-state index contributed by atoms with van der Waals surface area (Å²) in [4.78, 5) is 4.69. The lowest BCUT2D eigenvalue weighted by Gasteiger charge is -2.10. The maximum Gasteiger partial charge on any atom is 0.168 e. The fraction of sp³-hybridized carbons (Fsp3) is 0.438. The van der Waals surface area contributed by atoms with Crippen LogP contribution in [0.5, 0.6) is 0 Å². The molecule has 1 aromatic carbocycles. The molecule has 1 aliphatic heterocycles. The molecule has 0 amide bonds. The van der Waals surface area contributed by atoms with Crippen molar-refractivity contribution < 1.29 is 5.11 Å². The van der Waals surface area contributed by atoms with Crippen molar-refractivity contribution in [2.24, 2.45) is 0 Å². The molecular formula is C16H20N2OS. The molecule has 1 atom stereocenters. The molecule has 1 aromatic heterocycles. The van der Waals surface area contributed by atoms with E-state index in [1.165, 1.54) is 5.56 Å². The molecule has 1 unspecified atom stereocenters. The fourth-order valence-electron chi connectivity index (χ4n) is 2.63. The number of benzene rings is 1. The van der Waals surface area contributed by atoms with Gasteiger partial charge in [0.05, 0.1) is 18.0 Å². The van der Waals surface area contributed by atoms with Crippen molar-refractivity contribution in [2.75, 3.05) is 5.75 Å². The molecule has 2 aromatic rings. The lowest BCUT2D eigenvalue weighted by atomic mass is 9.97. The van der Waals surface area contributed by atoms with Crippen molar-refractivity contribution in [1.82, 2.24) is 9.55 Å². The lowest BCUT2D eigenvalue weighted by Crippen LogP contribution is -2.01. The minimum absolute atomic E-state index is 0.0516. The molecule has 106 valence electrons. The molecular weight excluding hydrogens is 268 g/mol. The normalized spacial score (nSPS) is 15.3. The summed E-state index contributed by atoms with van der Waals surface area (Å²) in [5, 5.41) is 10.7. The minimum Gasteiger partial charge on any atom is -0.390 e. The van der Waals surface area contributed by atoms with Crippen LogP contribution < -0.4 is 0 Å². The van der Waals surface area contributed by atoms with E-state index in [0.29, 0.717) is 5.92 Å². The van der Waals surface area contributed by atoms with Crippen molar-refractivity contribution in [3.63, 3.8) is 0 Å². The molecule has 0 bridgehead atoms. The Bertz CT molecular complexity index is 604. The number of nitrogens with zero attached hydrogens (tertiary/aromatic N) is 2. The van der Waals surface area contributed by atoms with Gasteiger partial charge >= 0.3 is 0 Å². The third-order valence-corrected chi connectivity index (χ3v) is 5.06. The van der Waals surface area contributed by atoms with E-state index in [-0.39, 0.29) is 6.61 Å². The summed E-state index contributed by atoms with van der Waals surface area (Å²) >= 11 is 1.77. The fourth-order valence-corrected chi connectivity index (χ4v) is 3.60. The molecule has 0 saturated heterocycles. The summed E-state index contributed by atoms with van der Waals surface area (Å²) in [6, 6.07) is 8.62. The van der Waals surface area contributed by atoms with Crippen LogP contribution in [0.3, 0.4) is 0 Å². The average molecular weight is 288 g/mol. The number of fused-ring (bicyclic) bond motifs is 1. The number of rotatable bonds is 4. The van der Waals surface area contributed by atoms with Gasteiger partial charge in [-0.2, -0.15) is 0 Å². The van der Waals surface area contributed by atoms with Gasteiger partial charge in [-0.05, 0) is 17.9 Å². The Morgan fingerprint density at radius 1 is 1.35 bits per heavy atom. The molecule has 0 fully saturated rings. The highest BCUT2D eigenvalue weighted by Gasteiger charge is 2.21. The first-order valence-corrected chi connectivity index (χ1v) is 8.16. The van der Waals surface area contributed by atoms with E-state index >= 15 is 0 Å². The molecule has 0 radical (unpaired) electrons. The predicted octanol–water partition coefficient (Wildman–Crippen LogP) is 3.66. The molecule has 3 nitrogen and oxygen atoms in total. The predicted molar refractivity (Wildman–Crippen MR) is 83.0 cm³/mol. The van der Waals surface area contributed by atoms with Gasteiger partial charge in [0.1, 0.15) is 0 Å². The van der Waals surface area contributed by atoms with E-state index in [1.807, 2.05) is 0 Å². The third kappa shape index (κ3) is 2.27. The largest absolute Gasteiger partial charge is 0.390 e. The van der Waals surface area contributed by atoms with Crippen molar-refractivity contribution in [3.05, 3.63) is 35.5 Å². The van der Waals surface area contributed by atoms with E-state index < -0.39 is 0 Å². The zero-order chi connectivity index (χ0) is 14.1. The van der Waals surface area contributed by atoms with Crippen molar-refractivity contribution in [2.45, 2.75) is 44.5 Å². The summed E-state index contributed by atoms with van der Waals surface area (Å²) in [5.74, 6) is 1.65. The van der Waals surface area contributed by atoms with E-state index in [4.69, 9.17) is 4.98 Å². The van der Waals surface area contributed by atoms with Gasteiger partial charge < -0.3 is 9.67 Å². The number of aromatic nitrogens is 2. The minimum atomic E-state index is 0.0516. The molecule has 2 heterocycles. The smallest absolute Gasteiger partial charge is 0.168 e. The van der Waals surface area contributed by atoms with Gasteiger partial charge in [0.25, 0.3) is 0 Å². The van der Waals surface area contributed by atoms with Gasteiger partial charge in [-0.1, -0.05) is 49.9 Å². The number of imidazole rings is 1. The molecule has 0 saturated carbocycles. The summed E-state index contributed by atoms with van der Waals surface area (Å²) in [5.41, 5.74) is 4.35. The van der Waals surface area contributed by atoms with Crippen LogP contribution in [0.1, 0.15) is 37.4 Å². The molecule has 0 aliphatic carbocycles. The van der Waals surface area contributed by atoms with Crippen molar-refractivity contribution >= 4 is 11.8 Å². The zero-order valence-electron chi connectivity index (χ0n) is 12.0. The van der Waals surface area contributed by atoms with Crippen molar-refractivity contribution in [3.8, 4) is 11.3 Å². The molecule has 20 heavy (non-hydrogen) atoms. The Morgan fingerprint density at radius 3 is 2.75 bits per heavy atom. The highest BCUT2D eigenvalue weighted by atomic mass is 32.2. The zero-order valence-corrected chi connectivity index (χ0v) is 12.8. The Kier molecular flexibility index (Phi) is 3.85. The van der Waals surface area contributed by atoms with Crippen LogP contribution in [0, 0.1) is 0 Å². The van der Waals surface area contributed by atoms with Crippen molar-refractivity contribution in [1.29, 1.82) is 0 Å². The first kappa shape index (κ1) is 13.7. The van der Waals surface area contributed by atoms with E-state index in [9.17, 15) is 5.11 Å². The van der Waals surface area contributed by atoms with Crippen LogP contribution in [0.4, 0.5) is 0 Å². The first-order chi connectivity index (χ1) is 9.74. The molecule has 4 heteroatoms. The second-order valence-electron chi connectivity index (χ2n) is 5.28. The summed E-state index contributed by atoms with van der Waals surface area (Å²) in [7, 11) is 0. The summed E-state index contributed by atoms with van der Waals surface area (Å²) < 4.78 is 2.14. The Balaban J connectivity index is 1.97. The van der Waals surface area contributed by atoms with E-state index in [1.54, 1.807) is 11.8 Å². The number of hydrogen-bond acceptors (Lipinski definition) is 3. The Morgan fingerprint density at radius 2 is 2.10 bits per heavy atom. The number of hydrogen-bond donors (Lipinski definition) is 1. The molecule has 0 spiro atoms. The van der Waals surface area contributed by atoms with Gasteiger partial charge in [-0.25, -0.2) is 4.98 Å². The molecule has 1 N–H and O–H groups in total. The third-order valence-electron chi connectivity index (χ3n) is 4.10. The van der Waals surface area contributed by atoms with Gasteiger partial charge in [0.2, 0.25) is 0 Å².